The van der Waals surface area contributed by atoms with Gasteiger partial charge in [-0.25, -0.2) is 0 Å². The summed E-state index contributed by atoms with van der Waals surface area (Å²) in [5.41, 5.74) is -1.14. The second kappa shape index (κ2) is 4.00. The first-order valence-electron chi connectivity index (χ1n) is 8.47. The highest BCUT2D eigenvalue weighted by molar-refractivity contribution is 5.37. The van der Waals surface area contributed by atoms with Gasteiger partial charge in [0, 0.05) is 5.41 Å². The van der Waals surface area contributed by atoms with Crippen LogP contribution < -0.4 is 0 Å². The van der Waals surface area contributed by atoms with Crippen molar-refractivity contribution in [1.29, 1.82) is 0 Å². The molecule has 0 aromatic carbocycles. The Balaban J connectivity index is 1.73. The van der Waals surface area contributed by atoms with Crippen LogP contribution in [0.25, 0.3) is 0 Å². The van der Waals surface area contributed by atoms with Gasteiger partial charge in [-0.15, -0.1) is 0 Å². The SMILES string of the molecule is CC1=C[C@H]2O[C@@H]3[C@H](O)C[C@](C)([C@@]2(CO)[C@H](O)C2OC12)[C@@]31OC1C. The molecule has 2 aliphatic carbocycles. The van der Waals surface area contributed by atoms with Crippen molar-refractivity contribution in [2.75, 3.05) is 6.61 Å². The molecule has 0 aromatic rings. The quantitative estimate of drug-likeness (QED) is 0.455. The Hall–Kier alpha value is -0.500. The Morgan fingerprint density at radius 1 is 1.30 bits per heavy atom. The Morgan fingerprint density at radius 3 is 2.61 bits per heavy atom. The van der Waals surface area contributed by atoms with Gasteiger partial charge in [0.05, 0.1) is 36.4 Å². The van der Waals surface area contributed by atoms with Gasteiger partial charge < -0.3 is 29.5 Å². The van der Waals surface area contributed by atoms with Crippen LogP contribution in [-0.2, 0) is 14.2 Å². The standard InChI is InChI=1S/C17H24O6/c1-7-4-10-16(6-18,13(20)12-11(7)22-12)15(3)5-9(19)14(21-10)17(15)8(2)23-17/h4,8-14,18-20H,5-6H2,1-3H3/t8?,9-,10-,11?,12?,13-,14-,15-,16-,17+/m1/s1. The molecular formula is C17H24O6. The fourth-order valence-corrected chi connectivity index (χ4v) is 6.16. The van der Waals surface area contributed by atoms with E-state index in [0.29, 0.717) is 6.42 Å². The highest BCUT2D eigenvalue weighted by Gasteiger charge is 2.86. The molecular weight excluding hydrogens is 300 g/mol. The molecule has 1 spiro atoms. The molecule has 23 heavy (non-hydrogen) atoms. The van der Waals surface area contributed by atoms with Crippen LogP contribution in [0.2, 0.25) is 0 Å². The van der Waals surface area contributed by atoms with E-state index in [1.807, 2.05) is 26.8 Å². The molecule has 4 fully saturated rings. The second-order valence-corrected chi connectivity index (χ2v) is 8.21. The van der Waals surface area contributed by atoms with Gasteiger partial charge in [-0.3, -0.25) is 0 Å². The van der Waals surface area contributed by atoms with Crippen molar-refractivity contribution in [2.24, 2.45) is 10.8 Å². The van der Waals surface area contributed by atoms with Crippen LogP contribution in [0.1, 0.15) is 27.2 Å². The number of ether oxygens (including phenoxy) is 3. The average Bonchev–Trinajstić information content (AvgIpc) is 3.36. The molecule has 5 aliphatic rings. The summed E-state index contributed by atoms with van der Waals surface area (Å²) in [5.74, 6) is 0. The molecule has 10 atom stereocenters. The number of rotatable bonds is 1. The minimum absolute atomic E-state index is 0.0597. The van der Waals surface area contributed by atoms with Crippen molar-refractivity contribution in [3.05, 3.63) is 11.6 Å². The molecule has 2 bridgehead atoms. The Labute approximate surface area is 135 Å². The summed E-state index contributed by atoms with van der Waals surface area (Å²) in [6, 6.07) is 0. The Kier molecular flexibility index (Phi) is 2.58. The summed E-state index contributed by atoms with van der Waals surface area (Å²) in [7, 11) is 0. The number of hydrogen-bond donors (Lipinski definition) is 3. The van der Waals surface area contributed by atoms with E-state index in [0.717, 1.165) is 5.57 Å². The summed E-state index contributed by atoms with van der Waals surface area (Å²) in [6.45, 7) is 5.73. The van der Waals surface area contributed by atoms with E-state index in [9.17, 15) is 15.3 Å². The molecule has 6 nitrogen and oxygen atoms in total. The smallest absolute Gasteiger partial charge is 0.129 e. The molecule has 3 unspecified atom stereocenters. The zero-order valence-corrected chi connectivity index (χ0v) is 13.6. The average molecular weight is 324 g/mol. The van der Waals surface area contributed by atoms with Gasteiger partial charge in [0.2, 0.25) is 0 Å². The molecule has 5 rings (SSSR count). The fraction of sp³-hybridized carbons (Fsp3) is 0.882. The predicted octanol–water partition coefficient (Wildman–Crippen LogP) is -0.251. The summed E-state index contributed by atoms with van der Waals surface area (Å²) in [4.78, 5) is 0. The Bertz CT molecular complexity index is 606. The van der Waals surface area contributed by atoms with Crippen LogP contribution in [0.4, 0.5) is 0 Å². The van der Waals surface area contributed by atoms with Crippen molar-refractivity contribution in [3.63, 3.8) is 0 Å². The fourth-order valence-electron chi connectivity index (χ4n) is 6.16. The van der Waals surface area contributed by atoms with Gasteiger partial charge in [0.25, 0.3) is 0 Å². The number of hydrogen-bond acceptors (Lipinski definition) is 6. The number of fused-ring (bicyclic) bond motifs is 3. The zero-order chi connectivity index (χ0) is 16.4. The van der Waals surface area contributed by atoms with Crippen molar-refractivity contribution >= 4 is 0 Å². The minimum atomic E-state index is -0.942. The summed E-state index contributed by atoms with van der Waals surface area (Å²) in [5, 5.41) is 32.2. The van der Waals surface area contributed by atoms with Gasteiger partial charge >= 0.3 is 0 Å². The maximum Gasteiger partial charge on any atom is 0.129 e. The lowest BCUT2D eigenvalue weighted by Crippen LogP contribution is -2.68. The molecule has 6 heteroatoms. The first-order chi connectivity index (χ1) is 10.8. The molecule has 1 saturated carbocycles. The van der Waals surface area contributed by atoms with E-state index in [4.69, 9.17) is 14.2 Å². The van der Waals surface area contributed by atoms with Gasteiger partial charge in [-0.2, -0.15) is 0 Å². The lowest BCUT2D eigenvalue weighted by atomic mass is 9.52. The van der Waals surface area contributed by atoms with Crippen LogP contribution in [0.15, 0.2) is 11.6 Å². The van der Waals surface area contributed by atoms with E-state index >= 15 is 0 Å². The highest BCUT2D eigenvalue weighted by atomic mass is 16.7. The normalized spacial score (nSPS) is 65.7. The van der Waals surface area contributed by atoms with Gasteiger partial charge in [-0.1, -0.05) is 13.0 Å². The van der Waals surface area contributed by atoms with Gasteiger partial charge in [0.1, 0.15) is 23.9 Å². The van der Waals surface area contributed by atoms with E-state index < -0.39 is 40.8 Å². The number of aliphatic hydroxyl groups is 3. The third kappa shape index (κ3) is 1.33. The van der Waals surface area contributed by atoms with E-state index in [-0.39, 0.29) is 24.9 Å². The third-order valence-electron chi connectivity index (χ3n) is 7.49. The van der Waals surface area contributed by atoms with Crippen LogP contribution in [0.5, 0.6) is 0 Å². The first kappa shape index (κ1) is 14.8. The van der Waals surface area contributed by atoms with E-state index in [2.05, 4.69) is 0 Å². The molecule has 3 saturated heterocycles. The molecule has 0 aromatic heterocycles. The van der Waals surface area contributed by atoms with Crippen LogP contribution in [-0.4, -0.2) is 70.3 Å². The first-order valence-corrected chi connectivity index (χ1v) is 8.47. The lowest BCUT2D eigenvalue weighted by Gasteiger charge is -2.57. The van der Waals surface area contributed by atoms with Crippen LogP contribution in [0.3, 0.4) is 0 Å². The monoisotopic (exact) mass is 324 g/mol. The number of aliphatic hydroxyl groups excluding tert-OH is 3. The van der Waals surface area contributed by atoms with Crippen molar-refractivity contribution < 1.29 is 29.5 Å². The third-order valence-corrected chi connectivity index (χ3v) is 7.49. The van der Waals surface area contributed by atoms with Crippen molar-refractivity contribution in [2.45, 2.75) is 75.5 Å². The molecule has 3 heterocycles. The maximum atomic E-state index is 11.1. The summed E-state index contributed by atoms with van der Waals surface area (Å²) >= 11 is 0. The van der Waals surface area contributed by atoms with Crippen LogP contribution in [0, 0.1) is 10.8 Å². The highest BCUT2D eigenvalue weighted by Crippen LogP contribution is 2.73. The summed E-state index contributed by atoms with van der Waals surface area (Å²) < 4.78 is 17.9. The molecule has 3 N–H and O–H groups in total. The van der Waals surface area contributed by atoms with Gasteiger partial charge in [0.15, 0.2) is 0 Å². The van der Waals surface area contributed by atoms with Gasteiger partial charge in [-0.05, 0) is 25.8 Å². The number of epoxide rings is 2. The molecule has 128 valence electrons. The predicted molar refractivity (Wildman–Crippen MR) is 78.6 cm³/mol. The molecule has 0 amide bonds. The Morgan fingerprint density at radius 2 is 2.00 bits per heavy atom. The largest absolute Gasteiger partial charge is 0.396 e. The summed E-state index contributed by atoms with van der Waals surface area (Å²) in [6.07, 6.45) is -0.437. The van der Waals surface area contributed by atoms with Crippen molar-refractivity contribution in [1.82, 2.24) is 0 Å². The van der Waals surface area contributed by atoms with Crippen LogP contribution >= 0.6 is 0 Å². The molecule has 0 radical (unpaired) electrons. The topological polar surface area (TPSA) is 95.0 Å². The van der Waals surface area contributed by atoms with E-state index in [1.54, 1.807) is 0 Å². The minimum Gasteiger partial charge on any atom is -0.396 e. The van der Waals surface area contributed by atoms with Crippen molar-refractivity contribution in [3.8, 4) is 0 Å². The second-order valence-electron chi connectivity index (χ2n) is 8.21. The lowest BCUT2D eigenvalue weighted by molar-refractivity contribution is -0.247. The van der Waals surface area contributed by atoms with E-state index in [1.165, 1.54) is 0 Å². The molecule has 3 aliphatic heterocycles. The zero-order valence-electron chi connectivity index (χ0n) is 13.6. The maximum absolute atomic E-state index is 11.1.